The van der Waals surface area contributed by atoms with Crippen LogP contribution in [0.5, 0.6) is 5.75 Å². The standard InChI is InChI=1S/C22H14Cl2N2O2/c23-15-8-7-14(18(24)12-15)4-3-11-25-16-9-10-20(27)17(13-16)22-26-19-5-1-2-6-21(19)28-22/h1-13,27H/b4-3+,25-11?. The lowest BCUT2D eigenvalue weighted by atomic mass is 10.2. The van der Waals surface area contributed by atoms with Gasteiger partial charge in [0.2, 0.25) is 5.89 Å². The first-order valence-corrected chi connectivity index (χ1v) is 9.20. The van der Waals surface area contributed by atoms with Gasteiger partial charge in [0.25, 0.3) is 0 Å². The molecule has 0 atom stereocenters. The van der Waals surface area contributed by atoms with Crippen molar-refractivity contribution in [2.24, 2.45) is 4.99 Å². The van der Waals surface area contributed by atoms with E-state index < -0.39 is 0 Å². The molecule has 0 radical (unpaired) electrons. The Morgan fingerprint density at radius 3 is 2.68 bits per heavy atom. The number of hydrogen-bond acceptors (Lipinski definition) is 4. The van der Waals surface area contributed by atoms with Gasteiger partial charge in [-0.3, -0.25) is 4.99 Å². The fourth-order valence-electron chi connectivity index (χ4n) is 2.68. The number of halogens is 2. The summed E-state index contributed by atoms with van der Waals surface area (Å²) in [4.78, 5) is 8.81. The molecule has 0 aliphatic heterocycles. The van der Waals surface area contributed by atoms with Crippen molar-refractivity contribution in [3.8, 4) is 17.2 Å². The van der Waals surface area contributed by atoms with Crippen LogP contribution in [0.3, 0.4) is 0 Å². The van der Waals surface area contributed by atoms with Crippen LogP contribution < -0.4 is 0 Å². The van der Waals surface area contributed by atoms with Crippen molar-refractivity contribution in [1.29, 1.82) is 0 Å². The van der Waals surface area contributed by atoms with Crippen molar-refractivity contribution in [2.45, 2.75) is 0 Å². The summed E-state index contributed by atoms with van der Waals surface area (Å²) >= 11 is 12.0. The minimum absolute atomic E-state index is 0.0778. The lowest BCUT2D eigenvalue weighted by Crippen LogP contribution is -1.79. The second kappa shape index (κ2) is 7.89. The summed E-state index contributed by atoms with van der Waals surface area (Å²) in [5.74, 6) is 0.424. The molecule has 0 aliphatic carbocycles. The second-order valence-electron chi connectivity index (χ2n) is 5.99. The molecule has 1 N–H and O–H groups in total. The maximum absolute atomic E-state index is 10.2. The van der Waals surface area contributed by atoms with Crippen molar-refractivity contribution in [2.75, 3.05) is 0 Å². The largest absolute Gasteiger partial charge is 0.507 e. The number of oxazole rings is 1. The molecule has 3 aromatic carbocycles. The van der Waals surface area contributed by atoms with Crippen LogP contribution in [0.4, 0.5) is 5.69 Å². The molecule has 4 rings (SSSR count). The van der Waals surface area contributed by atoms with E-state index in [1.165, 1.54) is 0 Å². The number of nitrogens with zero attached hydrogens (tertiary/aromatic N) is 2. The van der Waals surface area contributed by atoms with Crippen LogP contribution in [-0.2, 0) is 0 Å². The molecule has 0 spiro atoms. The van der Waals surface area contributed by atoms with Gasteiger partial charge in [0.15, 0.2) is 5.58 Å². The van der Waals surface area contributed by atoms with Crippen molar-refractivity contribution >= 4 is 52.3 Å². The van der Waals surface area contributed by atoms with Crippen LogP contribution in [-0.4, -0.2) is 16.3 Å². The number of aromatic hydroxyl groups is 1. The molecule has 0 unspecified atom stereocenters. The van der Waals surface area contributed by atoms with Crippen LogP contribution in [0.15, 0.2) is 76.1 Å². The van der Waals surface area contributed by atoms with Gasteiger partial charge in [-0.2, -0.15) is 0 Å². The fraction of sp³-hybridized carbons (Fsp3) is 0. The average molecular weight is 409 g/mol. The summed E-state index contributed by atoms with van der Waals surface area (Å²) in [5, 5.41) is 11.4. The summed E-state index contributed by atoms with van der Waals surface area (Å²) in [6, 6.07) is 17.7. The van der Waals surface area contributed by atoms with E-state index in [4.69, 9.17) is 27.6 Å². The zero-order valence-electron chi connectivity index (χ0n) is 14.5. The van der Waals surface area contributed by atoms with Gasteiger partial charge in [-0.25, -0.2) is 4.98 Å². The van der Waals surface area contributed by atoms with E-state index >= 15 is 0 Å². The Bertz CT molecular complexity index is 1180. The molecule has 1 heterocycles. The summed E-state index contributed by atoms with van der Waals surface area (Å²) in [6.45, 7) is 0. The molecule has 4 aromatic rings. The molecule has 6 heteroatoms. The van der Waals surface area contributed by atoms with Gasteiger partial charge in [-0.15, -0.1) is 0 Å². The first-order chi connectivity index (χ1) is 13.6. The predicted molar refractivity (Wildman–Crippen MR) is 115 cm³/mol. The molecule has 0 bridgehead atoms. The molecule has 138 valence electrons. The number of benzene rings is 3. The number of aromatic nitrogens is 1. The summed E-state index contributed by atoms with van der Waals surface area (Å²) in [7, 11) is 0. The van der Waals surface area contributed by atoms with Gasteiger partial charge in [0, 0.05) is 16.3 Å². The van der Waals surface area contributed by atoms with E-state index in [9.17, 15) is 5.11 Å². The number of phenols is 1. The smallest absolute Gasteiger partial charge is 0.231 e. The second-order valence-corrected chi connectivity index (χ2v) is 6.83. The lowest BCUT2D eigenvalue weighted by molar-refractivity contribution is 0.474. The summed E-state index contributed by atoms with van der Waals surface area (Å²) in [6.07, 6.45) is 5.26. The monoisotopic (exact) mass is 408 g/mol. The molecule has 28 heavy (non-hydrogen) atoms. The Labute approximate surface area is 171 Å². The highest BCUT2D eigenvalue weighted by atomic mass is 35.5. The quantitative estimate of drug-likeness (QED) is 0.372. The molecule has 0 amide bonds. The third-order valence-corrected chi connectivity index (χ3v) is 4.61. The topological polar surface area (TPSA) is 58.6 Å². The zero-order valence-corrected chi connectivity index (χ0v) is 16.0. The number of allylic oxidation sites excluding steroid dienone is 1. The highest BCUT2D eigenvalue weighted by Crippen LogP contribution is 2.34. The van der Waals surface area contributed by atoms with Crippen molar-refractivity contribution in [3.63, 3.8) is 0 Å². The van der Waals surface area contributed by atoms with Crippen molar-refractivity contribution in [1.82, 2.24) is 4.98 Å². The molecule has 1 aromatic heterocycles. The van der Waals surface area contributed by atoms with Crippen molar-refractivity contribution < 1.29 is 9.52 Å². The molecule has 0 aliphatic rings. The van der Waals surface area contributed by atoms with Gasteiger partial charge in [-0.1, -0.05) is 47.5 Å². The summed E-state index contributed by atoms with van der Waals surface area (Å²) < 4.78 is 5.73. The van der Waals surface area contributed by atoms with Crippen LogP contribution in [0, 0.1) is 0 Å². The highest BCUT2D eigenvalue weighted by Gasteiger charge is 2.12. The van der Waals surface area contributed by atoms with Gasteiger partial charge < -0.3 is 9.52 Å². The first kappa shape index (κ1) is 18.3. The van der Waals surface area contributed by atoms with Crippen LogP contribution in [0.1, 0.15) is 5.56 Å². The number of aliphatic imine (C=N–C) groups is 1. The molecular formula is C22H14Cl2N2O2. The minimum Gasteiger partial charge on any atom is -0.507 e. The number of phenolic OH excluding ortho intramolecular Hbond substituents is 1. The van der Waals surface area contributed by atoms with Crippen LogP contribution in [0.25, 0.3) is 28.6 Å². The lowest BCUT2D eigenvalue weighted by Gasteiger charge is -2.01. The van der Waals surface area contributed by atoms with E-state index in [1.54, 1.807) is 42.6 Å². The van der Waals surface area contributed by atoms with E-state index in [0.29, 0.717) is 32.8 Å². The van der Waals surface area contributed by atoms with Crippen LogP contribution in [0.2, 0.25) is 10.0 Å². The number of rotatable bonds is 4. The normalized spacial score (nSPS) is 11.8. The SMILES string of the molecule is Oc1ccc(N=C/C=C/c2ccc(Cl)cc2Cl)cc1-c1nc2ccccc2o1. The predicted octanol–water partition coefficient (Wildman–Crippen LogP) is 6.92. The Morgan fingerprint density at radius 1 is 1.00 bits per heavy atom. The third kappa shape index (κ3) is 3.93. The summed E-state index contributed by atoms with van der Waals surface area (Å²) in [5.41, 5.74) is 3.37. The Hall–Kier alpha value is -3.08. The van der Waals surface area contributed by atoms with Crippen molar-refractivity contribution in [3.05, 3.63) is 82.3 Å². The number of hydrogen-bond donors (Lipinski definition) is 1. The number of fused-ring (bicyclic) bond motifs is 1. The molecule has 4 nitrogen and oxygen atoms in total. The molecule has 0 fully saturated rings. The highest BCUT2D eigenvalue weighted by molar-refractivity contribution is 6.35. The van der Waals surface area contributed by atoms with Crippen LogP contribution >= 0.6 is 23.2 Å². The van der Waals surface area contributed by atoms with E-state index in [0.717, 1.165) is 11.1 Å². The Balaban J connectivity index is 1.58. The number of para-hydroxylation sites is 2. The minimum atomic E-state index is 0.0778. The average Bonchev–Trinajstić information content (AvgIpc) is 3.11. The van der Waals surface area contributed by atoms with Gasteiger partial charge in [0.1, 0.15) is 11.3 Å². The van der Waals surface area contributed by atoms with Gasteiger partial charge >= 0.3 is 0 Å². The van der Waals surface area contributed by atoms with Gasteiger partial charge in [0.05, 0.1) is 11.3 Å². The van der Waals surface area contributed by atoms with E-state index in [2.05, 4.69) is 9.98 Å². The van der Waals surface area contributed by atoms with Gasteiger partial charge in [-0.05, 0) is 54.1 Å². The Morgan fingerprint density at radius 2 is 1.86 bits per heavy atom. The fourth-order valence-corrected chi connectivity index (χ4v) is 3.15. The maximum atomic E-state index is 10.2. The third-order valence-electron chi connectivity index (χ3n) is 4.05. The first-order valence-electron chi connectivity index (χ1n) is 8.45. The molecule has 0 saturated carbocycles. The molecule has 0 saturated heterocycles. The Kier molecular flexibility index (Phi) is 5.15. The van der Waals surface area contributed by atoms with E-state index in [1.807, 2.05) is 36.4 Å². The maximum Gasteiger partial charge on any atom is 0.231 e. The zero-order chi connectivity index (χ0) is 19.5. The molecular weight excluding hydrogens is 395 g/mol. The van der Waals surface area contributed by atoms with E-state index in [-0.39, 0.29) is 5.75 Å².